The Labute approximate surface area is 71.7 Å². The predicted molar refractivity (Wildman–Crippen MR) is 45.3 cm³/mol. The molecule has 0 amide bonds. The van der Waals surface area contributed by atoms with Gasteiger partial charge in [-0.1, -0.05) is 6.07 Å². The lowest BCUT2D eigenvalue weighted by Crippen LogP contribution is -2.03. The fourth-order valence-electron chi connectivity index (χ4n) is 0.799. The molecular formula is C7H11ClN2O. The lowest BCUT2D eigenvalue weighted by Gasteiger charge is -2.00. The minimum Gasteiger partial charge on any atom is -0.392 e. The summed E-state index contributed by atoms with van der Waals surface area (Å²) >= 11 is 0. The van der Waals surface area contributed by atoms with E-state index in [1.807, 2.05) is 6.07 Å². The van der Waals surface area contributed by atoms with Gasteiger partial charge in [-0.2, -0.15) is 0 Å². The van der Waals surface area contributed by atoms with Crippen molar-refractivity contribution in [1.82, 2.24) is 4.98 Å². The highest BCUT2D eigenvalue weighted by Gasteiger charge is 1.96. The van der Waals surface area contributed by atoms with Crippen LogP contribution < -0.4 is 5.73 Å². The van der Waals surface area contributed by atoms with Gasteiger partial charge in [0.15, 0.2) is 0 Å². The Kier molecular flexibility index (Phi) is 4.77. The Bertz CT molecular complexity index is 194. The molecular weight excluding hydrogens is 164 g/mol. The number of hydrogen-bond acceptors (Lipinski definition) is 3. The van der Waals surface area contributed by atoms with E-state index in [9.17, 15) is 0 Å². The van der Waals surface area contributed by atoms with Crippen molar-refractivity contribution >= 4 is 12.4 Å². The molecule has 1 aromatic rings. The van der Waals surface area contributed by atoms with Gasteiger partial charge in [0.1, 0.15) is 0 Å². The maximum Gasteiger partial charge on any atom is 0.0700 e. The second-order valence-corrected chi connectivity index (χ2v) is 1.97. The van der Waals surface area contributed by atoms with Crippen molar-refractivity contribution < 1.29 is 5.11 Å². The van der Waals surface area contributed by atoms with Crippen LogP contribution in [0.15, 0.2) is 18.3 Å². The van der Waals surface area contributed by atoms with E-state index in [2.05, 4.69) is 4.98 Å². The van der Waals surface area contributed by atoms with Crippen LogP contribution in [0.2, 0.25) is 0 Å². The van der Waals surface area contributed by atoms with Crippen LogP contribution in [0.4, 0.5) is 0 Å². The van der Waals surface area contributed by atoms with Crippen LogP contribution in [0, 0.1) is 0 Å². The third kappa shape index (κ3) is 2.46. The summed E-state index contributed by atoms with van der Waals surface area (Å²) in [5, 5.41) is 8.75. The predicted octanol–water partition coefficient (Wildman–Crippen LogP) is 0.454. The van der Waals surface area contributed by atoms with Gasteiger partial charge in [0.25, 0.3) is 0 Å². The summed E-state index contributed by atoms with van der Waals surface area (Å²) in [6, 6.07) is 3.60. The molecule has 0 aliphatic carbocycles. The van der Waals surface area contributed by atoms with Crippen LogP contribution in [-0.2, 0) is 13.2 Å². The molecule has 1 rings (SSSR count). The van der Waals surface area contributed by atoms with Gasteiger partial charge in [-0.15, -0.1) is 12.4 Å². The number of halogens is 1. The van der Waals surface area contributed by atoms with Crippen molar-refractivity contribution in [2.75, 3.05) is 0 Å². The van der Waals surface area contributed by atoms with E-state index >= 15 is 0 Å². The third-order valence-corrected chi connectivity index (χ3v) is 1.35. The van der Waals surface area contributed by atoms with E-state index in [4.69, 9.17) is 10.8 Å². The van der Waals surface area contributed by atoms with E-state index in [0.717, 1.165) is 11.3 Å². The number of aliphatic hydroxyl groups is 1. The fourth-order valence-corrected chi connectivity index (χ4v) is 0.799. The van der Waals surface area contributed by atoms with Gasteiger partial charge in [0, 0.05) is 18.3 Å². The second-order valence-electron chi connectivity index (χ2n) is 1.97. The molecule has 1 heterocycles. The van der Waals surface area contributed by atoms with Gasteiger partial charge in [-0.3, -0.25) is 4.98 Å². The summed E-state index contributed by atoms with van der Waals surface area (Å²) in [5.41, 5.74) is 6.93. The van der Waals surface area contributed by atoms with E-state index < -0.39 is 0 Å². The molecule has 0 saturated heterocycles. The molecule has 0 aliphatic heterocycles. The number of nitrogens with zero attached hydrogens (tertiary/aromatic N) is 1. The van der Waals surface area contributed by atoms with Crippen molar-refractivity contribution in [2.45, 2.75) is 13.2 Å². The Morgan fingerprint density at radius 3 is 2.73 bits per heavy atom. The molecule has 4 heteroatoms. The monoisotopic (exact) mass is 174 g/mol. The summed E-state index contributed by atoms with van der Waals surface area (Å²) in [4.78, 5) is 3.98. The van der Waals surface area contributed by atoms with E-state index in [-0.39, 0.29) is 19.0 Å². The number of hydrogen-bond donors (Lipinski definition) is 2. The van der Waals surface area contributed by atoms with Gasteiger partial charge < -0.3 is 10.8 Å². The Hall–Kier alpha value is -0.640. The van der Waals surface area contributed by atoms with Crippen LogP contribution in [0.3, 0.4) is 0 Å². The molecule has 3 nitrogen and oxygen atoms in total. The van der Waals surface area contributed by atoms with E-state index in [0.29, 0.717) is 6.54 Å². The first-order valence-electron chi connectivity index (χ1n) is 3.12. The molecule has 3 N–H and O–H groups in total. The molecule has 0 unspecified atom stereocenters. The molecule has 0 aromatic carbocycles. The van der Waals surface area contributed by atoms with Gasteiger partial charge in [-0.25, -0.2) is 0 Å². The Morgan fingerprint density at radius 2 is 2.27 bits per heavy atom. The van der Waals surface area contributed by atoms with Crippen molar-refractivity contribution in [1.29, 1.82) is 0 Å². The minimum atomic E-state index is 0. The zero-order valence-corrected chi connectivity index (χ0v) is 6.84. The zero-order chi connectivity index (χ0) is 7.40. The number of pyridine rings is 1. The molecule has 11 heavy (non-hydrogen) atoms. The summed E-state index contributed by atoms with van der Waals surface area (Å²) in [5.74, 6) is 0. The average Bonchev–Trinajstić information content (AvgIpc) is 2.04. The highest BCUT2D eigenvalue weighted by atomic mass is 35.5. The van der Waals surface area contributed by atoms with Crippen molar-refractivity contribution in [3.05, 3.63) is 29.6 Å². The smallest absolute Gasteiger partial charge is 0.0700 e. The van der Waals surface area contributed by atoms with Gasteiger partial charge in [0.05, 0.1) is 12.3 Å². The molecule has 0 atom stereocenters. The number of rotatable bonds is 2. The van der Waals surface area contributed by atoms with Crippen LogP contribution in [-0.4, -0.2) is 10.1 Å². The molecule has 62 valence electrons. The van der Waals surface area contributed by atoms with E-state index in [1.165, 1.54) is 0 Å². The standard InChI is InChI=1S/C7H10N2O.ClH/c8-4-7-6(5-10)2-1-3-9-7;/h1-3,10H,4-5,8H2;1H. The number of aromatic nitrogens is 1. The third-order valence-electron chi connectivity index (χ3n) is 1.35. The van der Waals surface area contributed by atoms with Crippen molar-refractivity contribution in [3.63, 3.8) is 0 Å². The van der Waals surface area contributed by atoms with Crippen LogP contribution >= 0.6 is 12.4 Å². The molecule has 0 saturated carbocycles. The number of nitrogens with two attached hydrogens (primary N) is 1. The van der Waals surface area contributed by atoms with Crippen LogP contribution in [0.5, 0.6) is 0 Å². The summed E-state index contributed by atoms with van der Waals surface area (Å²) in [7, 11) is 0. The fraction of sp³-hybridized carbons (Fsp3) is 0.286. The summed E-state index contributed by atoms with van der Waals surface area (Å²) < 4.78 is 0. The molecule has 0 aliphatic rings. The molecule has 1 aromatic heterocycles. The van der Waals surface area contributed by atoms with Gasteiger partial charge in [0.2, 0.25) is 0 Å². The molecule has 0 spiro atoms. The average molecular weight is 175 g/mol. The first-order chi connectivity index (χ1) is 4.88. The summed E-state index contributed by atoms with van der Waals surface area (Å²) in [6.45, 7) is 0.400. The second kappa shape index (κ2) is 5.07. The highest BCUT2D eigenvalue weighted by Crippen LogP contribution is 2.02. The molecule has 0 radical (unpaired) electrons. The lowest BCUT2D eigenvalue weighted by molar-refractivity contribution is 0.280. The molecule has 0 fully saturated rings. The molecule has 0 bridgehead atoms. The number of aliphatic hydroxyl groups excluding tert-OH is 1. The normalized spacial score (nSPS) is 8.91. The maximum atomic E-state index is 8.75. The van der Waals surface area contributed by atoms with Crippen LogP contribution in [0.1, 0.15) is 11.3 Å². The first-order valence-corrected chi connectivity index (χ1v) is 3.12. The topological polar surface area (TPSA) is 59.1 Å². The van der Waals surface area contributed by atoms with Crippen LogP contribution in [0.25, 0.3) is 0 Å². The van der Waals surface area contributed by atoms with E-state index in [1.54, 1.807) is 12.3 Å². The zero-order valence-electron chi connectivity index (χ0n) is 6.03. The maximum absolute atomic E-state index is 8.75. The van der Waals surface area contributed by atoms with Crippen molar-refractivity contribution in [2.24, 2.45) is 5.73 Å². The van der Waals surface area contributed by atoms with Gasteiger partial charge in [-0.05, 0) is 6.07 Å². The van der Waals surface area contributed by atoms with Crippen molar-refractivity contribution in [3.8, 4) is 0 Å². The highest BCUT2D eigenvalue weighted by molar-refractivity contribution is 5.85. The lowest BCUT2D eigenvalue weighted by atomic mass is 10.2. The van der Waals surface area contributed by atoms with Gasteiger partial charge >= 0.3 is 0 Å². The SMILES string of the molecule is Cl.NCc1ncccc1CO. The minimum absolute atomic E-state index is 0. The quantitative estimate of drug-likeness (QED) is 0.685. The Morgan fingerprint density at radius 1 is 1.55 bits per heavy atom. The summed E-state index contributed by atoms with van der Waals surface area (Å²) in [6.07, 6.45) is 1.67. The largest absolute Gasteiger partial charge is 0.392 e. The Balaban J connectivity index is 0.000001000. The first kappa shape index (κ1) is 10.4.